The molecule has 0 aromatic carbocycles. The van der Waals surface area contributed by atoms with Gasteiger partial charge in [0.05, 0.1) is 40.3 Å². The number of quaternary nitrogens is 1. The van der Waals surface area contributed by atoms with Gasteiger partial charge < -0.3 is 33.3 Å². The Morgan fingerprint density at radius 1 is 0.330 bits per heavy atom. The number of hydrogen-bond acceptors (Lipinski definition) is 8. The van der Waals surface area contributed by atoms with Gasteiger partial charge in [-0.05, 0) is 128 Å². The van der Waals surface area contributed by atoms with Crippen molar-refractivity contribution >= 4 is 17.9 Å². The molecule has 0 aliphatic carbocycles. The van der Waals surface area contributed by atoms with E-state index in [2.05, 4.69) is 184 Å². The van der Waals surface area contributed by atoms with E-state index >= 15 is 0 Å². The van der Waals surface area contributed by atoms with E-state index < -0.39 is 24.3 Å². The van der Waals surface area contributed by atoms with Gasteiger partial charge in [0.2, 0.25) is 0 Å². The van der Waals surface area contributed by atoms with Crippen molar-refractivity contribution in [3.05, 3.63) is 170 Å². The predicted molar refractivity (Wildman–Crippen MR) is 388 cm³/mol. The molecule has 0 N–H and O–H groups in total. The second-order valence-electron chi connectivity index (χ2n) is 24.8. The molecular weight excluding hydrogens is 1130 g/mol. The van der Waals surface area contributed by atoms with Gasteiger partial charge in [0, 0.05) is 12.8 Å². The molecule has 0 bridgehead atoms. The van der Waals surface area contributed by atoms with E-state index in [1.807, 2.05) is 21.1 Å². The van der Waals surface area contributed by atoms with Crippen molar-refractivity contribution in [1.29, 1.82) is 0 Å². The summed E-state index contributed by atoms with van der Waals surface area (Å²) in [6, 6.07) is 0. The van der Waals surface area contributed by atoms with Crippen molar-refractivity contribution in [3.8, 4) is 0 Å². The fourth-order valence-electron chi connectivity index (χ4n) is 9.50. The summed E-state index contributed by atoms with van der Waals surface area (Å²) < 4.78 is 22.8. The Bertz CT molecular complexity index is 2100. The Morgan fingerprint density at radius 3 is 0.879 bits per heavy atom. The van der Waals surface area contributed by atoms with Gasteiger partial charge >= 0.3 is 11.9 Å². The van der Waals surface area contributed by atoms with Crippen LogP contribution in [0.4, 0.5) is 0 Å². The van der Waals surface area contributed by atoms with Gasteiger partial charge in [-0.15, -0.1) is 0 Å². The number of unbranched alkanes of at least 4 members (excludes halogenated alkanes) is 22. The maximum absolute atomic E-state index is 13.0. The van der Waals surface area contributed by atoms with E-state index in [1.165, 1.54) is 89.9 Å². The molecule has 0 heterocycles. The number of hydrogen-bond donors (Lipinski definition) is 0. The molecule has 2 unspecified atom stereocenters. The smallest absolute Gasteiger partial charge is 0.306 e. The Hall–Kier alpha value is -5.35. The number of rotatable bonds is 65. The minimum atomic E-state index is -1.63. The molecule has 0 aliphatic rings. The highest BCUT2D eigenvalue weighted by atomic mass is 16.7. The number of carboxylic acids is 1. The second kappa shape index (κ2) is 70.5. The van der Waals surface area contributed by atoms with Gasteiger partial charge in [0.25, 0.3) is 0 Å². The van der Waals surface area contributed by atoms with Crippen LogP contribution < -0.4 is 5.11 Å². The Balaban J connectivity index is 4.17. The number of likely N-dealkylation sites (N-methyl/N-ethyl adjacent to an activating group) is 1. The van der Waals surface area contributed by atoms with E-state index in [4.69, 9.17) is 18.9 Å². The lowest BCUT2D eigenvalue weighted by Crippen LogP contribution is -2.44. The average Bonchev–Trinajstić information content (AvgIpc) is 3.63. The van der Waals surface area contributed by atoms with E-state index in [9.17, 15) is 19.5 Å². The van der Waals surface area contributed by atoms with Crippen molar-refractivity contribution in [2.24, 2.45) is 0 Å². The van der Waals surface area contributed by atoms with Crippen LogP contribution in [0.25, 0.3) is 0 Å². The fraction of sp³-hybridized carbons (Fsp3) is 0.622. The van der Waals surface area contributed by atoms with Crippen LogP contribution in [-0.4, -0.2) is 82.3 Å². The third-order valence-electron chi connectivity index (χ3n) is 15.0. The summed E-state index contributed by atoms with van der Waals surface area (Å²) in [5.74, 6) is -2.30. The Morgan fingerprint density at radius 2 is 0.593 bits per heavy atom. The van der Waals surface area contributed by atoms with Gasteiger partial charge in [0.15, 0.2) is 12.4 Å². The molecule has 0 amide bonds. The minimum Gasteiger partial charge on any atom is -0.545 e. The minimum absolute atomic E-state index is 0.139. The first kappa shape index (κ1) is 85.7. The molecule has 0 saturated heterocycles. The molecule has 0 aromatic heterocycles. The van der Waals surface area contributed by atoms with E-state index in [1.54, 1.807) is 0 Å². The summed E-state index contributed by atoms with van der Waals surface area (Å²) in [4.78, 5) is 37.5. The summed E-state index contributed by atoms with van der Waals surface area (Å²) in [6.07, 6.45) is 103. The van der Waals surface area contributed by atoms with Crippen LogP contribution in [0.5, 0.6) is 0 Å². The number of allylic oxidation sites excluding steroid dienone is 28. The fourth-order valence-corrected chi connectivity index (χ4v) is 9.50. The molecule has 0 saturated carbocycles. The highest BCUT2D eigenvalue weighted by molar-refractivity contribution is 5.70. The van der Waals surface area contributed by atoms with Crippen molar-refractivity contribution < 1.29 is 42.9 Å². The summed E-state index contributed by atoms with van der Waals surface area (Å²) >= 11 is 0. The summed E-state index contributed by atoms with van der Waals surface area (Å²) in [6.45, 7) is 4.51. The maximum atomic E-state index is 13.0. The molecule has 0 aliphatic heterocycles. The number of nitrogens with zero attached hydrogens (tertiary/aromatic N) is 1. The van der Waals surface area contributed by atoms with E-state index in [0.717, 1.165) is 148 Å². The van der Waals surface area contributed by atoms with Gasteiger partial charge in [-0.2, -0.15) is 0 Å². The quantitative estimate of drug-likeness (QED) is 0.0195. The van der Waals surface area contributed by atoms with Crippen LogP contribution in [0.2, 0.25) is 0 Å². The van der Waals surface area contributed by atoms with E-state index in [-0.39, 0.29) is 38.6 Å². The average molecular weight is 1260 g/mol. The predicted octanol–water partition coefficient (Wildman–Crippen LogP) is 21.7. The summed E-state index contributed by atoms with van der Waals surface area (Å²) in [7, 11) is 5.92. The van der Waals surface area contributed by atoms with Crippen molar-refractivity contribution in [1.82, 2.24) is 0 Å². The highest BCUT2D eigenvalue weighted by Crippen LogP contribution is 2.16. The molecular formula is C82H133NO8. The van der Waals surface area contributed by atoms with Crippen LogP contribution in [0.1, 0.15) is 271 Å². The molecule has 0 aromatic rings. The third-order valence-corrected chi connectivity index (χ3v) is 15.0. The largest absolute Gasteiger partial charge is 0.545 e. The van der Waals surface area contributed by atoms with Gasteiger partial charge in [0.1, 0.15) is 13.2 Å². The lowest BCUT2D eigenvalue weighted by Gasteiger charge is -2.26. The highest BCUT2D eigenvalue weighted by Gasteiger charge is 2.22. The van der Waals surface area contributed by atoms with Crippen LogP contribution in [0.3, 0.4) is 0 Å². The van der Waals surface area contributed by atoms with Gasteiger partial charge in [-0.1, -0.05) is 300 Å². The standard InChI is InChI=1S/C82H133NO8/c1-6-8-10-12-14-16-18-20-22-24-26-28-30-32-34-36-38-40-42-44-46-48-50-52-54-56-58-60-62-64-66-68-70-72-79(84)89-76-78(77-90-82(81(86)87)88-75-74-83(3,4)5)91-80(85)73-71-69-67-65-63-61-59-57-55-53-51-49-47-45-43-41-39-37-35-33-31-29-27-25-23-21-19-17-15-13-11-9-7-2/h8-11,14-17,20-23,26-29,32-35,38-41,44-47,78,82H,6-7,12-13,18-19,24-25,30-31,36-37,42-43,48-77H2,1-5H3/b10-8-,11-9-,16-14-,17-15-,22-20-,23-21-,28-26-,29-27-,34-32-,35-33-,40-38-,41-39-,46-44-,47-45-. The van der Waals surface area contributed by atoms with Crippen LogP contribution in [0, 0.1) is 0 Å². The number of ether oxygens (including phenoxy) is 4. The van der Waals surface area contributed by atoms with Gasteiger partial charge in [-0.3, -0.25) is 9.59 Å². The van der Waals surface area contributed by atoms with Crippen molar-refractivity contribution in [3.63, 3.8) is 0 Å². The summed E-state index contributed by atoms with van der Waals surface area (Å²) in [5, 5.41) is 11.8. The van der Waals surface area contributed by atoms with Crippen LogP contribution in [-0.2, 0) is 33.3 Å². The second-order valence-corrected chi connectivity index (χ2v) is 24.8. The van der Waals surface area contributed by atoms with Crippen LogP contribution >= 0.6 is 0 Å². The molecule has 9 heteroatoms. The number of esters is 2. The molecule has 2 atom stereocenters. The number of carbonyl (C=O) groups is 3. The lowest BCUT2D eigenvalue weighted by molar-refractivity contribution is -0.870. The zero-order valence-electron chi connectivity index (χ0n) is 58.6. The number of carbonyl (C=O) groups excluding carboxylic acids is 3. The van der Waals surface area contributed by atoms with Crippen LogP contribution in [0.15, 0.2) is 170 Å². The molecule has 9 nitrogen and oxygen atoms in total. The molecule has 0 fully saturated rings. The third kappa shape index (κ3) is 71.9. The lowest BCUT2D eigenvalue weighted by atomic mass is 10.0. The SMILES string of the molecule is CC/C=C\C/C=C\C/C=C\C/C=C\C/C=C\C/C=C\C/C=C\CCCCCCCCCCCCCC(=O)OCC(COC(OCC[N+](C)(C)C)C(=O)[O-])OC(=O)CCCCCCCCCCCCC/C=C\C/C=C\C/C=C\C/C=C\C/C=C\C/C=C\C/C=C\CC. The Labute approximate surface area is 558 Å². The topological polar surface area (TPSA) is 111 Å². The van der Waals surface area contributed by atoms with Crippen molar-refractivity contribution in [2.45, 2.75) is 283 Å². The molecule has 0 rings (SSSR count). The zero-order valence-corrected chi connectivity index (χ0v) is 58.6. The Kier molecular flexibility index (Phi) is 66.4. The first-order valence-electron chi connectivity index (χ1n) is 36.3. The monoisotopic (exact) mass is 1260 g/mol. The maximum Gasteiger partial charge on any atom is 0.306 e. The van der Waals surface area contributed by atoms with E-state index in [0.29, 0.717) is 17.4 Å². The first-order chi connectivity index (χ1) is 44.6. The molecule has 514 valence electrons. The van der Waals surface area contributed by atoms with Gasteiger partial charge in [-0.25, -0.2) is 0 Å². The normalized spacial score (nSPS) is 13.7. The molecule has 0 radical (unpaired) electrons. The number of aliphatic carboxylic acids is 1. The van der Waals surface area contributed by atoms with Crippen molar-refractivity contribution in [2.75, 3.05) is 47.5 Å². The zero-order chi connectivity index (χ0) is 66.1. The first-order valence-corrected chi connectivity index (χ1v) is 36.3. The summed E-state index contributed by atoms with van der Waals surface area (Å²) in [5.41, 5.74) is 0. The number of carboxylic acid groups (broad SMARTS) is 1. The molecule has 0 spiro atoms. The molecule has 91 heavy (non-hydrogen) atoms.